The highest BCUT2D eigenvalue weighted by atomic mass is 16.5. The van der Waals surface area contributed by atoms with Crippen LogP contribution in [0, 0.1) is 0 Å². The van der Waals surface area contributed by atoms with Gasteiger partial charge in [0.05, 0.1) is 6.10 Å². The summed E-state index contributed by atoms with van der Waals surface area (Å²) < 4.78 is 5.53. The molecule has 0 aromatic heterocycles. The molecule has 1 saturated heterocycles. The van der Waals surface area contributed by atoms with E-state index < -0.39 is 11.5 Å². The van der Waals surface area contributed by atoms with Gasteiger partial charge in [0.15, 0.2) is 0 Å². The Kier molecular flexibility index (Phi) is 5.60. The van der Waals surface area contributed by atoms with Gasteiger partial charge < -0.3 is 20.1 Å². The molecular formula is C13H24N2O4. The minimum Gasteiger partial charge on any atom is -0.480 e. The maximum Gasteiger partial charge on any atom is 0.329 e. The van der Waals surface area contributed by atoms with Crippen LogP contribution >= 0.6 is 0 Å². The topological polar surface area (TPSA) is 78.9 Å². The Hall–Kier alpha value is -1.30. The van der Waals surface area contributed by atoms with Crippen molar-refractivity contribution in [2.24, 2.45) is 0 Å². The number of likely N-dealkylation sites (tertiary alicyclic amines) is 1. The zero-order valence-corrected chi connectivity index (χ0v) is 11.9. The number of carboxylic acid groups (broad SMARTS) is 1. The van der Waals surface area contributed by atoms with Gasteiger partial charge in [-0.15, -0.1) is 0 Å². The number of carbonyl (C=O) groups is 2. The number of piperidine rings is 1. The van der Waals surface area contributed by atoms with Gasteiger partial charge in [0.2, 0.25) is 0 Å². The number of amides is 2. The molecule has 0 aromatic rings. The molecule has 0 spiro atoms. The van der Waals surface area contributed by atoms with Gasteiger partial charge in [0.25, 0.3) is 0 Å². The van der Waals surface area contributed by atoms with E-state index in [-0.39, 0.29) is 12.1 Å². The fraction of sp³-hybridized carbons (Fsp3) is 0.846. The molecule has 1 rings (SSSR count). The zero-order valence-electron chi connectivity index (χ0n) is 11.9. The monoisotopic (exact) mass is 272 g/mol. The lowest BCUT2D eigenvalue weighted by Gasteiger charge is -2.35. The summed E-state index contributed by atoms with van der Waals surface area (Å²) >= 11 is 0. The number of rotatable bonds is 5. The number of ether oxygens (including phenoxy) is 1. The zero-order chi connectivity index (χ0) is 14.5. The van der Waals surface area contributed by atoms with Crippen LogP contribution in [0.3, 0.4) is 0 Å². The van der Waals surface area contributed by atoms with E-state index in [4.69, 9.17) is 9.84 Å². The average molecular weight is 272 g/mol. The maximum atomic E-state index is 12.1. The molecule has 0 aliphatic carbocycles. The molecule has 1 aliphatic rings. The lowest BCUT2D eigenvalue weighted by Crippen LogP contribution is -2.57. The first-order valence-corrected chi connectivity index (χ1v) is 6.85. The van der Waals surface area contributed by atoms with Crippen LogP contribution in [0.2, 0.25) is 0 Å². The van der Waals surface area contributed by atoms with Gasteiger partial charge in [0.1, 0.15) is 5.54 Å². The van der Waals surface area contributed by atoms with Crippen molar-refractivity contribution in [3.8, 4) is 0 Å². The van der Waals surface area contributed by atoms with Gasteiger partial charge in [-0.25, -0.2) is 9.59 Å². The second-order valence-electron chi connectivity index (χ2n) is 5.09. The lowest BCUT2D eigenvalue weighted by atomic mass is 9.99. The summed E-state index contributed by atoms with van der Waals surface area (Å²) in [4.78, 5) is 24.9. The van der Waals surface area contributed by atoms with Crippen molar-refractivity contribution in [3.63, 3.8) is 0 Å². The van der Waals surface area contributed by atoms with Crippen LogP contribution in [0.1, 0.15) is 40.0 Å². The van der Waals surface area contributed by atoms with E-state index in [0.717, 1.165) is 12.8 Å². The molecular weight excluding hydrogens is 248 g/mol. The van der Waals surface area contributed by atoms with Crippen molar-refractivity contribution in [1.82, 2.24) is 10.2 Å². The van der Waals surface area contributed by atoms with Crippen LogP contribution in [-0.2, 0) is 9.53 Å². The Morgan fingerprint density at radius 2 is 2.16 bits per heavy atom. The molecule has 1 aliphatic heterocycles. The molecule has 110 valence electrons. The van der Waals surface area contributed by atoms with Crippen LogP contribution in [0.15, 0.2) is 0 Å². The van der Waals surface area contributed by atoms with E-state index in [1.807, 2.05) is 6.92 Å². The maximum absolute atomic E-state index is 12.1. The molecule has 19 heavy (non-hydrogen) atoms. The van der Waals surface area contributed by atoms with Crippen molar-refractivity contribution in [1.29, 1.82) is 0 Å². The smallest absolute Gasteiger partial charge is 0.329 e. The SMILES string of the molecule is CCOC1CCCN(C(=O)NC(C)(CC)C(=O)O)C1. The molecule has 1 heterocycles. The molecule has 1 fully saturated rings. The first-order chi connectivity index (χ1) is 8.92. The number of aliphatic carboxylic acids is 1. The van der Waals surface area contributed by atoms with Crippen molar-refractivity contribution >= 4 is 12.0 Å². The molecule has 0 saturated carbocycles. The summed E-state index contributed by atoms with van der Waals surface area (Å²) in [6, 6.07) is -0.323. The highest BCUT2D eigenvalue weighted by Gasteiger charge is 2.35. The number of nitrogens with one attached hydrogen (secondary N) is 1. The number of carbonyl (C=O) groups excluding carboxylic acids is 1. The minimum atomic E-state index is -1.21. The Morgan fingerprint density at radius 1 is 1.47 bits per heavy atom. The number of nitrogens with zero attached hydrogens (tertiary/aromatic N) is 1. The molecule has 0 bridgehead atoms. The summed E-state index contributed by atoms with van der Waals surface area (Å²) in [6.45, 7) is 7.00. The van der Waals surface area contributed by atoms with Gasteiger partial charge in [-0.05, 0) is 33.1 Å². The first kappa shape index (κ1) is 15.8. The van der Waals surface area contributed by atoms with Crippen molar-refractivity contribution < 1.29 is 19.4 Å². The molecule has 2 N–H and O–H groups in total. The third-order valence-corrected chi connectivity index (χ3v) is 3.63. The predicted octanol–water partition coefficient (Wildman–Crippen LogP) is 1.45. The van der Waals surface area contributed by atoms with E-state index in [1.165, 1.54) is 6.92 Å². The summed E-state index contributed by atoms with van der Waals surface area (Å²) in [5.74, 6) is -1.01. The van der Waals surface area contributed by atoms with E-state index in [0.29, 0.717) is 26.1 Å². The first-order valence-electron chi connectivity index (χ1n) is 6.85. The number of carboxylic acids is 1. The standard InChI is InChI=1S/C13H24N2O4/c1-4-13(3,11(16)17)14-12(18)15-8-6-7-10(9-15)19-5-2/h10H,4-9H2,1-3H3,(H,14,18)(H,16,17). The third kappa shape index (κ3) is 4.09. The van der Waals surface area contributed by atoms with Gasteiger partial charge in [-0.2, -0.15) is 0 Å². The quantitative estimate of drug-likeness (QED) is 0.794. The summed E-state index contributed by atoms with van der Waals surface area (Å²) in [5, 5.41) is 11.8. The second kappa shape index (κ2) is 6.75. The van der Waals surface area contributed by atoms with Gasteiger partial charge in [0, 0.05) is 19.7 Å². The molecule has 2 amide bonds. The molecule has 2 unspecified atom stereocenters. The highest BCUT2D eigenvalue weighted by molar-refractivity contribution is 5.85. The summed E-state index contributed by atoms with van der Waals surface area (Å²) in [5.41, 5.74) is -1.21. The normalized spacial score (nSPS) is 22.7. The molecule has 0 radical (unpaired) electrons. The number of urea groups is 1. The van der Waals surface area contributed by atoms with Crippen LogP contribution in [0.25, 0.3) is 0 Å². The molecule has 0 aromatic carbocycles. The number of hydrogen-bond acceptors (Lipinski definition) is 3. The highest BCUT2D eigenvalue weighted by Crippen LogP contribution is 2.15. The predicted molar refractivity (Wildman–Crippen MR) is 71.1 cm³/mol. The van der Waals surface area contributed by atoms with Crippen LogP contribution in [0.5, 0.6) is 0 Å². The van der Waals surface area contributed by atoms with E-state index in [2.05, 4.69) is 5.32 Å². The minimum absolute atomic E-state index is 0.0576. The van der Waals surface area contributed by atoms with Crippen molar-refractivity contribution in [3.05, 3.63) is 0 Å². The molecule has 2 atom stereocenters. The third-order valence-electron chi connectivity index (χ3n) is 3.63. The Morgan fingerprint density at radius 3 is 2.68 bits per heavy atom. The van der Waals surface area contributed by atoms with Crippen molar-refractivity contribution in [2.45, 2.75) is 51.7 Å². The fourth-order valence-corrected chi connectivity index (χ4v) is 2.10. The Labute approximate surface area is 114 Å². The molecule has 6 nitrogen and oxygen atoms in total. The lowest BCUT2D eigenvalue weighted by molar-refractivity contribution is -0.143. The van der Waals surface area contributed by atoms with Gasteiger partial charge in [-0.1, -0.05) is 6.92 Å². The van der Waals surface area contributed by atoms with Crippen molar-refractivity contribution in [2.75, 3.05) is 19.7 Å². The summed E-state index contributed by atoms with van der Waals surface area (Å²) in [7, 11) is 0. The van der Waals surface area contributed by atoms with Crippen LogP contribution in [-0.4, -0.2) is 53.3 Å². The Bertz CT molecular complexity index is 333. The van der Waals surface area contributed by atoms with Gasteiger partial charge in [-0.3, -0.25) is 0 Å². The van der Waals surface area contributed by atoms with Crippen LogP contribution < -0.4 is 5.32 Å². The number of hydrogen-bond donors (Lipinski definition) is 2. The van der Waals surface area contributed by atoms with Gasteiger partial charge >= 0.3 is 12.0 Å². The van der Waals surface area contributed by atoms with Crippen LogP contribution in [0.4, 0.5) is 4.79 Å². The van der Waals surface area contributed by atoms with E-state index in [9.17, 15) is 9.59 Å². The van der Waals surface area contributed by atoms with E-state index >= 15 is 0 Å². The molecule has 6 heteroatoms. The summed E-state index contributed by atoms with van der Waals surface area (Å²) in [6.07, 6.45) is 2.23. The average Bonchev–Trinajstić information content (AvgIpc) is 2.39. The second-order valence-corrected chi connectivity index (χ2v) is 5.09. The Balaban J connectivity index is 2.59. The fourth-order valence-electron chi connectivity index (χ4n) is 2.10. The largest absolute Gasteiger partial charge is 0.480 e. The van der Waals surface area contributed by atoms with E-state index in [1.54, 1.807) is 11.8 Å².